The Labute approximate surface area is 138 Å². The van der Waals surface area contributed by atoms with Gasteiger partial charge in [-0.2, -0.15) is 0 Å². The molecular formula is C19H15NO2S. The largest absolute Gasteiger partial charge is 0.497 e. The van der Waals surface area contributed by atoms with Crippen molar-refractivity contribution in [1.29, 1.82) is 0 Å². The van der Waals surface area contributed by atoms with Crippen LogP contribution in [-0.2, 0) is 0 Å². The third-order valence-electron chi connectivity index (χ3n) is 3.32. The van der Waals surface area contributed by atoms with Crippen molar-refractivity contribution in [1.82, 2.24) is 4.98 Å². The van der Waals surface area contributed by atoms with Crippen molar-refractivity contribution in [3.8, 4) is 17.0 Å². The fourth-order valence-corrected chi connectivity index (χ4v) is 2.84. The van der Waals surface area contributed by atoms with Gasteiger partial charge < -0.3 is 4.74 Å². The molecular weight excluding hydrogens is 306 g/mol. The van der Waals surface area contributed by atoms with Crippen molar-refractivity contribution >= 4 is 23.2 Å². The Morgan fingerprint density at radius 2 is 1.96 bits per heavy atom. The molecule has 0 N–H and O–H groups in total. The summed E-state index contributed by atoms with van der Waals surface area (Å²) in [4.78, 5) is 16.7. The first-order chi connectivity index (χ1) is 11.3. The number of carbonyl (C=O) groups is 1. The molecule has 3 nitrogen and oxygen atoms in total. The highest BCUT2D eigenvalue weighted by Crippen LogP contribution is 2.22. The first-order valence-electron chi connectivity index (χ1n) is 7.13. The van der Waals surface area contributed by atoms with E-state index in [2.05, 4.69) is 4.98 Å². The number of hydrogen-bond acceptors (Lipinski definition) is 4. The van der Waals surface area contributed by atoms with Gasteiger partial charge in [0, 0.05) is 16.5 Å². The van der Waals surface area contributed by atoms with E-state index >= 15 is 0 Å². The molecule has 1 aromatic heterocycles. The van der Waals surface area contributed by atoms with E-state index in [1.54, 1.807) is 37.5 Å². The standard InChI is InChI=1S/C19H15NO2S/c1-22-16-9-5-8-15(12-16)18(21)10-11-19-20-17(13-23-19)14-6-3-2-4-7-14/h2-13H,1H3. The van der Waals surface area contributed by atoms with Gasteiger partial charge in [0.2, 0.25) is 0 Å². The predicted octanol–water partition coefficient (Wildman–Crippen LogP) is 4.71. The van der Waals surface area contributed by atoms with Gasteiger partial charge in [-0.3, -0.25) is 4.79 Å². The van der Waals surface area contributed by atoms with Crippen LogP contribution in [0.2, 0.25) is 0 Å². The molecule has 2 aromatic carbocycles. The zero-order valence-corrected chi connectivity index (χ0v) is 13.4. The van der Waals surface area contributed by atoms with Crippen LogP contribution in [0, 0.1) is 0 Å². The third kappa shape index (κ3) is 3.73. The zero-order valence-electron chi connectivity index (χ0n) is 12.6. The van der Waals surface area contributed by atoms with Crippen LogP contribution < -0.4 is 4.74 Å². The normalized spacial score (nSPS) is 10.8. The monoisotopic (exact) mass is 321 g/mol. The Kier molecular flexibility index (Phi) is 4.64. The maximum absolute atomic E-state index is 12.2. The number of aromatic nitrogens is 1. The maximum Gasteiger partial charge on any atom is 0.186 e. The number of methoxy groups -OCH3 is 1. The molecule has 0 amide bonds. The summed E-state index contributed by atoms with van der Waals surface area (Å²) in [5.74, 6) is 0.602. The van der Waals surface area contributed by atoms with Gasteiger partial charge in [-0.1, -0.05) is 42.5 Å². The highest BCUT2D eigenvalue weighted by atomic mass is 32.1. The summed E-state index contributed by atoms with van der Waals surface area (Å²) in [6.07, 6.45) is 3.29. The number of allylic oxidation sites excluding steroid dienone is 1. The van der Waals surface area contributed by atoms with Crippen LogP contribution in [-0.4, -0.2) is 17.9 Å². The van der Waals surface area contributed by atoms with Crippen molar-refractivity contribution in [2.45, 2.75) is 0 Å². The molecule has 0 bridgehead atoms. The Morgan fingerprint density at radius 1 is 1.13 bits per heavy atom. The molecule has 0 saturated heterocycles. The Balaban J connectivity index is 1.75. The molecule has 1 heterocycles. The Hall–Kier alpha value is -2.72. The van der Waals surface area contributed by atoms with Crippen molar-refractivity contribution in [3.63, 3.8) is 0 Å². The number of rotatable bonds is 5. The third-order valence-corrected chi connectivity index (χ3v) is 4.13. The van der Waals surface area contributed by atoms with Crippen LogP contribution >= 0.6 is 11.3 Å². The minimum atomic E-state index is -0.0691. The molecule has 3 rings (SSSR count). The summed E-state index contributed by atoms with van der Waals surface area (Å²) in [5, 5.41) is 2.80. The summed E-state index contributed by atoms with van der Waals surface area (Å²) in [5.41, 5.74) is 2.59. The fourth-order valence-electron chi connectivity index (χ4n) is 2.13. The number of ether oxygens (including phenoxy) is 1. The minimum absolute atomic E-state index is 0.0691. The molecule has 0 spiro atoms. The molecule has 0 radical (unpaired) electrons. The average molecular weight is 321 g/mol. The number of benzene rings is 2. The summed E-state index contributed by atoms with van der Waals surface area (Å²) >= 11 is 1.51. The van der Waals surface area contributed by atoms with Gasteiger partial charge in [0.1, 0.15) is 10.8 Å². The summed E-state index contributed by atoms with van der Waals surface area (Å²) < 4.78 is 5.13. The number of ketones is 1. The lowest BCUT2D eigenvalue weighted by atomic mass is 10.1. The van der Waals surface area contributed by atoms with E-state index in [0.717, 1.165) is 16.3 Å². The smallest absolute Gasteiger partial charge is 0.186 e. The van der Waals surface area contributed by atoms with Gasteiger partial charge >= 0.3 is 0 Å². The van der Waals surface area contributed by atoms with Crippen LogP contribution in [0.25, 0.3) is 17.3 Å². The first-order valence-corrected chi connectivity index (χ1v) is 8.01. The molecule has 23 heavy (non-hydrogen) atoms. The molecule has 0 unspecified atom stereocenters. The molecule has 0 fully saturated rings. The van der Waals surface area contributed by atoms with E-state index in [4.69, 9.17) is 4.74 Å². The average Bonchev–Trinajstić information content (AvgIpc) is 3.09. The van der Waals surface area contributed by atoms with Crippen molar-refractivity contribution in [2.75, 3.05) is 7.11 Å². The second kappa shape index (κ2) is 7.03. The van der Waals surface area contributed by atoms with Crippen molar-refractivity contribution in [2.24, 2.45) is 0 Å². The summed E-state index contributed by atoms with van der Waals surface area (Å²) in [6.45, 7) is 0. The Morgan fingerprint density at radius 3 is 2.74 bits per heavy atom. The highest BCUT2D eigenvalue weighted by Gasteiger charge is 2.05. The van der Waals surface area contributed by atoms with Gasteiger partial charge in [0.15, 0.2) is 5.78 Å². The van der Waals surface area contributed by atoms with Crippen LogP contribution in [0.15, 0.2) is 66.1 Å². The predicted molar refractivity (Wildman–Crippen MR) is 93.9 cm³/mol. The summed E-state index contributed by atoms with van der Waals surface area (Å²) in [6, 6.07) is 17.1. The molecule has 3 aromatic rings. The number of carbonyl (C=O) groups excluding carboxylic acids is 1. The molecule has 4 heteroatoms. The molecule has 0 saturated carbocycles. The van der Waals surface area contributed by atoms with Crippen molar-refractivity contribution in [3.05, 3.63) is 76.6 Å². The van der Waals surface area contributed by atoms with Gasteiger partial charge in [0.25, 0.3) is 0 Å². The summed E-state index contributed by atoms with van der Waals surface area (Å²) in [7, 11) is 1.58. The number of hydrogen-bond donors (Lipinski definition) is 0. The topological polar surface area (TPSA) is 39.2 Å². The van der Waals surface area contributed by atoms with E-state index in [1.807, 2.05) is 41.8 Å². The lowest BCUT2D eigenvalue weighted by Crippen LogP contribution is -1.94. The van der Waals surface area contributed by atoms with Gasteiger partial charge in [0.05, 0.1) is 12.8 Å². The molecule has 0 aliphatic carbocycles. The van der Waals surface area contributed by atoms with Crippen LogP contribution in [0.3, 0.4) is 0 Å². The van der Waals surface area contributed by atoms with Crippen LogP contribution in [0.5, 0.6) is 5.75 Å². The van der Waals surface area contributed by atoms with Crippen LogP contribution in [0.4, 0.5) is 0 Å². The Bertz CT molecular complexity index is 837. The van der Waals surface area contributed by atoms with Crippen molar-refractivity contribution < 1.29 is 9.53 Å². The fraction of sp³-hybridized carbons (Fsp3) is 0.0526. The molecule has 0 aliphatic heterocycles. The number of nitrogens with zero attached hydrogens (tertiary/aromatic N) is 1. The quantitative estimate of drug-likeness (QED) is 0.504. The lowest BCUT2D eigenvalue weighted by molar-refractivity contribution is 0.104. The lowest BCUT2D eigenvalue weighted by Gasteiger charge is -2.00. The van der Waals surface area contributed by atoms with Gasteiger partial charge in [-0.25, -0.2) is 4.98 Å². The molecule has 114 valence electrons. The van der Waals surface area contributed by atoms with E-state index < -0.39 is 0 Å². The SMILES string of the molecule is COc1cccc(C(=O)C=Cc2nc(-c3ccccc3)cs2)c1. The van der Waals surface area contributed by atoms with E-state index in [-0.39, 0.29) is 5.78 Å². The zero-order chi connectivity index (χ0) is 16.1. The van der Waals surface area contributed by atoms with Crippen LogP contribution in [0.1, 0.15) is 15.4 Å². The van der Waals surface area contributed by atoms with E-state index in [9.17, 15) is 4.79 Å². The first kappa shape index (κ1) is 15.2. The molecule has 0 aliphatic rings. The van der Waals surface area contributed by atoms with Gasteiger partial charge in [-0.15, -0.1) is 11.3 Å². The minimum Gasteiger partial charge on any atom is -0.497 e. The van der Waals surface area contributed by atoms with E-state index in [0.29, 0.717) is 11.3 Å². The second-order valence-corrected chi connectivity index (χ2v) is 5.76. The number of thiazole rings is 1. The van der Waals surface area contributed by atoms with E-state index in [1.165, 1.54) is 11.3 Å². The second-order valence-electron chi connectivity index (χ2n) is 4.87. The molecule has 0 atom stereocenters. The van der Waals surface area contributed by atoms with Gasteiger partial charge in [-0.05, 0) is 24.3 Å². The highest BCUT2D eigenvalue weighted by molar-refractivity contribution is 7.10. The maximum atomic E-state index is 12.2.